The largest absolute Gasteiger partial charge is 0.493 e. The van der Waals surface area contributed by atoms with E-state index in [9.17, 15) is 4.79 Å². The van der Waals surface area contributed by atoms with E-state index in [4.69, 9.17) is 13.9 Å². The van der Waals surface area contributed by atoms with Gasteiger partial charge < -0.3 is 23.7 Å². The number of hydrogen-bond donors (Lipinski definition) is 0. The molecule has 0 bridgehead atoms. The molecular weight excluding hydrogens is 392 g/mol. The van der Waals surface area contributed by atoms with E-state index in [1.165, 1.54) is 32.4 Å². The molecule has 0 radical (unpaired) electrons. The number of para-hydroxylation sites is 2. The van der Waals surface area contributed by atoms with Crippen LogP contribution in [0.3, 0.4) is 0 Å². The topological polar surface area (TPSA) is 55.2 Å². The second-order valence-electron chi connectivity index (χ2n) is 8.95. The van der Waals surface area contributed by atoms with Crippen LogP contribution in [0.2, 0.25) is 0 Å². The van der Waals surface area contributed by atoms with Crippen molar-refractivity contribution in [3.63, 3.8) is 0 Å². The Bertz CT molecular complexity index is 857. The molecule has 3 heterocycles. The maximum Gasteiger partial charge on any atom is 0.289 e. The van der Waals surface area contributed by atoms with Crippen LogP contribution < -0.4 is 9.47 Å². The Hall–Kier alpha value is -2.47. The summed E-state index contributed by atoms with van der Waals surface area (Å²) in [6.45, 7) is 7.71. The van der Waals surface area contributed by atoms with Crippen LogP contribution in [0.15, 0.2) is 40.8 Å². The molecule has 31 heavy (non-hydrogen) atoms. The molecule has 4 rings (SSSR count). The molecule has 1 amide bonds. The minimum Gasteiger partial charge on any atom is -0.493 e. The molecular formula is C25H34N2O4. The Kier molecular flexibility index (Phi) is 7.17. The fourth-order valence-electron chi connectivity index (χ4n) is 4.62. The molecule has 2 aromatic rings. The van der Waals surface area contributed by atoms with Gasteiger partial charge in [-0.25, -0.2) is 0 Å². The molecule has 1 aromatic carbocycles. The highest BCUT2D eigenvalue weighted by Gasteiger charge is 2.28. The van der Waals surface area contributed by atoms with Crippen molar-refractivity contribution >= 4 is 5.91 Å². The van der Waals surface area contributed by atoms with E-state index < -0.39 is 0 Å². The van der Waals surface area contributed by atoms with Gasteiger partial charge in [-0.3, -0.25) is 4.79 Å². The molecule has 6 nitrogen and oxygen atoms in total. The normalized spacial score (nSPS) is 20.6. The van der Waals surface area contributed by atoms with Gasteiger partial charge in [0.2, 0.25) is 0 Å². The van der Waals surface area contributed by atoms with Gasteiger partial charge in [0.1, 0.15) is 12.4 Å². The highest BCUT2D eigenvalue weighted by atomic mass is 16.5. The highest BCUT2D eigenvalue weighted by Crippen LogP contribution is 2.27. The molecule has 2 saturated heterocycles. The smallest absolute Gasteiger partial charge is 0.289 e. The minimum absolute atomic E-state index is 0.0134. The minimum atomic E-state index is -0.0134. The van der Waals surface area contributed by atoms with Gasteiger partial charge in [0.25, 0.3) is 5.91 Å². The molecule has 0 aliphatic carbocycles. The van der Waals surface area contributed by atoms with E-state index in [1.807, 2.05) is 35.2 Å². The van der Waals surface area contributed by atoms with E-state index in [0.29, 0.717) is 28.9 Å². The average molecular weight is 427 g/mol. The Balaban J connectivity index is 1.30. The van der Waals surface area contributed by atoms with Crippen LogP contribution in [0.1, 0.15) is 48.9 Å². The zero-order chi connectivity index (χ0) is 21.6. The highest BCUT2D eigenvalue weighted by molar-refractivity contribution is 5.91. The number of piperidine rings is 2. The van der Waals surface area contributed by atoms with Gasteiger partial charge in [-0.15, -0.1) is 0 Å². The van der Waals surface area contributed by atoms with Crippen molar-refractivity contribution in [3.8, 4) is 11.5 Å². The molecule has 0 spiro atoms. The standard InChI is InChI=1S/C25H34N2O4/c1-19-11-14-26(15-12-19)16-20-6-5-13-27(17-20)25(28)24-10-9-21(31-24)18-30-23-8-4-3-7-22(23)29-2/h3-4,7-10,19-20H,5-6,11-18H2,1-2H3. The lowest BCUT2D eigenvalue weighted by molar-refractivity contribution is 0.0588. The van der Waals surface area contributed by atoms with Crippen LogP contribution >= 0.6 is 0 Å². The SMILES string of the molecule is COc1ccccc1OCc1ccc(C(=O)N2CCCC(CN3CCC(C)CC3)C2)o1. The van der Waals surface area contributed by atoms with E-state index >= 15 is 0 Å². The average Bonchev–Trinajstić information content (AvgIpc) is 3.28. The summed E-state index contributed by atoms with van der Waals surface area (Å²) in [6.07, 6.45) is 4.85. The summed E-state index contributed by atoms with van der Waals surface area (Å²) in [7, 11) is 1.61. The third-order valence-corrected chi connectivity index (χ3v) is 6.51. The lowest BCUT2D eigenvalue weighted by atomic mass is 9.94. The van der Waals surface area contributed by atoms with Crippen molar-refractivity contribution in [1.29, 1.82) is 0 Å². The number of amides is 1. The number of ether oxygens (including phenoxy) is 2. The molecule has 1 aromatic heterocycles. The van der Waals surface area contributed by atoms with Crippen LogP contribution in [-0.4, -0.2) is 55.5 Å². The van der Waals surface area contributed by atoms with Crippen molar-refractivity contribution in [2.24, 2.45) is 11.8 Å². The van der Waals surface area contributed by atoms with Gasteiger partial charge >= 0.3 is 0 Å². The Labute approximate surface area is 185 Å². The van der Waals surface area contributed by atoms with Crippen molar-refractivity contribution in [2.45, 2.75) is 39.2 Å². The van der Waals surface area contributed by atoms with Gasteiger partial charge in [-0.05, 0) is 74.9 Å². The molecule has 2 aliphatic heterocycles. The Morgan fingerprint density at radius 1 is 1.06 bits per heavy atom. The van der Waals surface area contributed by atoms with E-state index in [0.717, 1.165) is 32.0 Å². The summed E-state index contributed by atoms with van der Waals surface area (Å²) in [4.78, 5) is 17.6. The predicted octanol–water partition coefficient (Wildman–Crippen LogP) is 4.45. The number of hydrogen-bond acceptors (Lipinski definition) is 5. The van der Waals surface area contributed by atoms with Crippen molar-refractivity contribution < 1.29 is 18.7 Å². The lowest BCUT2D eigenvalue weighted by Gasteiger charge is -2.37. The molecule has 1 unspecified atom stereocenters. The first-order chi connectivity index (χ1) is 15.1. The molecule has 1 atom stereocenters. The number of rotatable bonds is 7. The third-order valence-electron chi connectivity index (χ3n) is 6.51. The summed E-state index contributed by atoms with van der Waals surface area (Å²) in [5, 5.41) is 0. The van der Waals surface area contributed by atoms with Gasteiger partial charge in [-0.2, -0.15) is 0 Å². The first-order valence-electron chi connectivity index (χ1n) is 11.5. The molecule has 2 fully saturated rings. The third kappa shape index (κ3) is 5.62. The first-order valence-corrected chi connectivity index (χ1v) is 11.5. The fraction of sp³-hybridized carbons (Fsp3) is 0.560. The molecule has 168 valence electrons. The van der Waals surface area contributed by atoms with Crippen LogP contribution in [0.25, 0.3) is 0 Å². The fourth-order valence-corrected chi connectivity index (χ4v) is 4.62. The van der Waals surface area contributed by atoms with Crippen LogP contribution in [0.5, 0.6) is 11.5 Å². The molecule has 6 heteroatoms. The van der Waals surface area contributed by atoms with E-state index in [1.54, 1.807) is 13.2 Å². The summed E-state index contributed by atoms with van der Waals surface area (Å²) in [5.41, 5.74) is 0. The van der Waals surface area contributed by atoms with Crippen LogP contribution in [0.4, 0.5) is 0 Å². The number of likely N-dealkylation sites (tertiary alicyclic amines) is 2. The van der Waals surface area contributed by atoms with Crippen LogP contribution in [0, 0.1) is 11.8 Å². The predicted molar refractivity (Wildman–Crippen MR) is 119 cm³/mol. The van der Waals surface area contributed by atoms with Gasteiger partial charge in [0, 0.05) is 19.6 Å². The van der Waals surface area contributed by atoms with Crippen molar-refractivity contribution in [2.75, 3.05) is 39.8 Å². The Morgan fingerprint density at radius 3 is 2.61 bits per heavy atom. The molecule has 2 aliphatic rings. The monoisotopic (exact) mass is 426 g/mol. The zero-order valence-corrected chi connectivity index (χ0v) is 18.7. The lowest BCUT2D eigenvalue weighted by Crippen LogP contribution is -2.45. The number of carbonyl (C=O) groups is 1. The summed E-state index contributed by atoms with van der Waals surface area (Å²) in [5.74, 6) is 3.74. The van der Waals surface area contributed by atoms with Crippen molar-refractivity contribution in [1.82, 2.24) is 9.80 Å². The van der Waals surface area contributed by atoms with Gasteiger partial charge in [-0.1, -0.05) is 19.1 Å². The second-order valence-corrected chi connectivity index (χ2v) is 8.95. The number of carbonyl (C=O) groups excluding carboxylic acids is 1. The van der Waals surface area contributed by atoms with Gasteiger partial charge in [0.15, 0.2) is 17.3 Å². The zero-order valence-electron chi connectivity index (χ0n) is 18.7. The number of furan rings is 1. The van der Waals surface area contributed by atoms with Crippen molar-refractivity contribution in [3.05, 3.63) is 47.9 Å². The summed E-state index contributed by atoms with van der Waals surface area (Å²) >= 11 is 0. The number of benzene rings is 1. The maximum atomic E-state index is 13.0. The summed E-state index contributed by atoms with van der Waals surface area (Å²) in [6, 6.07) is 11.1. The van der Waals surface area contributed by atoms with Gasteiger partial charge in [0.05, 0.1) is 7.11 Å². The summed E-state index contributed by atoms with van der Waals surface area (Å²) < 4.78 is 16.9. The maximum absolute atomic E-state index is 13.0. The van der Waals surface area contributed by atoms with Crippen LogP contribution in [-0.2, 0) is 6.61 Å². The van der Waals surface area contributed by atoms with E-state index in [2.05, 4.69) is 11.8 Å². The second kappa shape index (κ2) is 10.2. The Morgan fingerprint density at radius 2 is 1.84 bits per heavy atom. The quantitative estimate of drug-likeness (QED) is 0.655. The number of nitrogens with zero attached hydrogens (tertiary/aromatic N) is 2. The molecule has 0 saturated carbocycles. The first kappa shape index (κ1) is 21.8. The number of methoxy groups -OCH3 is 1. The van der Waals surface area contributed by atoms with E-state index in [-0.39, 0.29) is 12.5 Å². The molecule has 0 N–H and O–H groups in total.